The van der Waals surface area contributed by atoms with Gasteiger partial charge in [0.25, 0.3) is 0 Å². The summed E-state index contributed by atoms with van der Waals surface area (Å²) in [7, 11) is 0. The third kappa shape index (κ3) is 1.19. The van der Waals surface area contributed by atoms with Crippen molar-refractivity contribution in [2.45, 2.75) is 0 Å². The van der Waals surface area contributed by atoms with Crippen LogP contribution in [0.5, 0.6) is 0 Å². The molecule has 0 radical (unpaired) electrons. The van der Waals surface area contributed by atoms with E-state index in [9.17, 15) is 0 Å². The number of hydrogen-bond donors (Lipinski definition) is 3. The fraction of sp³-hybridized carbons (Fsp3) is 0. The second-order valence-electron chi connectivity index (χ2n) is 2.27. The number of hydrogen-bond acceptors (Lipinski definition) is 4. The van der Waals surface area contributed by atoms with Gasteiger partial charge in [-0.3, -0.25) is 5.43 Å². The molecule has 12 heavy (non-hydrogen) atoms. The highest BCUT2D eigenvalue weighted by Gasteiger charge is 2.01. The topological polar surface area (TPSA) is 66.7 Å². The Labute approximate surface area is 73.4 Å². The first-order chi connectivity index (χ1) is 5.90. The first-order valence-electron chi connectivity index (χ1n) is 3.45. The lowest BCUT2D eigenvalue weighted by molar-refractivity contribution is 1.20. The maximum Gasteiger partial charge on any atom is 0.215 e. The largest absolute Gasteiger partial charge is 0.322 e. The van der Waals surface area contributed by atoms with Crippen molar-refractivity contribution >= 4 is 17.3 Å². The van der Waals surface area contributed by atoms with Gasteiger partial charge in [-0.15, -0.1) is 11.3 Å². The molecule has 0 aliphatic heterocycles. The molecule has 2 heterocycles. The molecule has 0 aromatic carbocycles. The summed E-state index contributed by atoms with van der Waals surface area (Å²) in [6.07, 6.45) is 1.75. The second kappa shape index (κ2) is 2.96. The number of anilines is 1. The Kier molecular flexibility index (Phi) is 1.81. The van der Waals surface area contributed by atoms with Gasteiger partial charge in [-0.2, -0.15) is 0 Å². The van der Waals surface area contributed by atoms with Crippen molar-refractivity contribution in [3.8, 4) is 10.6 Å². The normalized spacial score (nSPS) is 10.1. The van der Waals surface area contributed by atoms with Crippen molar-refractivity contribution in [2.75, 3.05) is 5.43 Å². The number of thiophene rings is 1. The van der Waals surface area contributed by atoms with E-state index >= 15 is 0 Å². The van der Waals surface area contributed by atoms with Crippen molar-refractivity contribution in [1.29, 1.82) is 0 Å². The van der Waals surface area contributed by atoms with Crippen LogP contribution < -0.4 is 11.3 Å². The number of hydrazine groups is 1. The summed E-state index contributed by atoms with van der Waals surface area (Å²) in [4.78, 5) is 8.19. The number of rotatable bonds is 2. The zero-order valence-electron chi connectivity index (χ0n) is 6.24. The molecule has 0 saturated carbocycles. The molecule has 0 spiro atoms. The maximum atomic E-state index is 5.18. The number of aromatic nitrogens is 2. The van der Waals surface area contributed by atoms with Gasteiger partial charge in [0.1, 0.15) is 0 Å². The Hall–Kier alpha value is -1.33. The van der Waals surface area contributed by atoms with E-state index in [1.54, 1.807) is 17.5 Å². The fourth-order valence-corrected chi connectivity index (χ4v) is 1.64. The number of nitrogens with one attached hydrogen (secondary N) is 2. The fourth-order valence-electron chi connectivity index (χ4n) is 0.952. The zero-order valence-corrected chi connectivity index (χ0v) is 7.06. The van der Waals surface area contributed by atoms with Crippen molar-refractivity contribution in [3.63, 3.8) is 0 Å². The highest BCUT2D eigenvalue weighted by molar-refractivity contribution is 7.13. The van der Waals surface area contributed by atoms with Crippen LogP contribution in [0.25, 0.3) is 10.6 Å². The number of imidazole rings is 1. The summed E-state index contributed by atoms with van der Waals surface area (Å²) in [5, 5.41) is 2.02. The van der Waals surface area contributed by atoms with Crippen LogP contribution in [-0.4, -0.2) is 9.97 Å². The molecular formula is C7H8N4S. The molecule has 0 unspecified atom stereocenters. The van der Waals surface area contributed by atoms with Crippen molar-refractivity contribution in [2.24, 2.45) is 5.84 Å². The Bertz CT molecular complexity index is 351. The third-order valence-corrected chi connectivity index (χ3v) is 2.40. The highest BCUT2D eigenvalue weighted by Crippen LogP contribution is 2.22. The monoisotopic (exact) mass is 180 g/mol. The van der Waals surface area contributed by atoms with Crippen LogP contribution in [0, 0.1) is 0 Å². The Morgan fingerprint density at radius 2 is 2.50 bits per heavy atom. The summed E-state index contributed by atoms with van der Waals surface area (Å²) in [5.41, 5.74) is 3.43. The molecule has 2 rings (SSSR count). The highest BCUT2D eigenvalue weighted by atomic mass is 32.1. The third-order valence-electron chi connectivity index (χ3n) is 1.50. The van der Waals surface area contributed by atoms with Gasteiger partial charge >= 0.3 is 0 Å². The van der Waals surface area contributed by atoms with Crippen LogP contribution in [-0.2, 0) is 0 Å². The second-order valence-corrected chi connectivity index (χ2v) is 3.21. The summed E-state index contributed by atoms with van der Waals surface area (Å²) in [5.74, 6) is 5.76. The van der Waals surface area contributed by atoms with E-state index in [4.69, 9.17) is 5.84 Å². The van der Waals surface area contributed by atoms with Gasteiger partial charge in [-0.05, 0) is 11.4 Å². The van der Waals surface area contributed by atoms with Crippen molar-refractivity contribution in [3.05, 3.63) is 23.7 Å². The summed E-state index contributed by atoms with van der Waals surface area (Å²) in [6.45, 7) is 0. The van der Waals surface area contributed by atoms with Gasteiger partial charge in [-0.25, -0.2) is 10.8 Å². The number of aromatic amines is 1. The van der Waals surface area contributed by atoms with Crippen LogP contribution in [0.1, 0.15) is 0 Å². The quantitative estimate of drug-likeness (QED) is 0.483. The number of nitrogens with two attached hydrogens (primary N) is 1. The molecule has 4 N–H and O–H groups in total. The van der Waals surface area contributed by atoms with Crippen LogP contribution >= 0.6 is 11.3 Å². The lowest BCUT2D eigenvalue weighted by Gasteiger charge is -1.90. The lowest BCUT2D eigenvalue weighted by Crippen LogP contribution is -2.07. The lowest BCUT2D eigenvalue weighted by atomic mass is 10.4. The molecule has 62 valence electrons. The zero-order chi connectivity index (χ0) is 8.39. The minimum Gasteiger partial charge on any atom is -0.322 e. The average Bonchev–Trinajstić information content (AvgIpc) is 2.75. The van der Waals surface area contributed by atoms with E-state index in [1.165, 1.54) is 0 Å². The molecule has 0 amide bonds. The Balaban J connectivity index is 2.35. The molecule has 0 bridgehead atoms. The van der Waals surface area contributed by atoms with Crippen LogP contribution in [0.3, 0.4) is 0 Å². The Morgan fingerprint density at radius 1 is 1.58 bits per heavy atom. The molecule has 2 aromatic heterocycles. The predicted molar refractivity (Wildman–Crippen MR) is 49.7 cm³/mol. The van der Waals surface area contributed by atoms with Crippen LogP contribution in [0.4, 0.5) is 5.95 Å². The van der Waals surface area contributed by atoms with E-state index < -0.39 is 0 Å². The molecule has 0 aliphatic rings. The first kappa shape index (κ1) is 7.33. The molecule has 2 aromatic rings. The first-order valence-corrected chi connectivity index (χ1v) is 4.33. The summed E-state index contributed by atoms with van der Waals surface area (Å²) in [6, 6.07) is 4.02. The molecule has 4 nitrogen and oxygen atoms in total. The van der Waals surface area contributed by atoms with Gasteiger partial charge < -0.3 is 4.98 Å². The molecule has 0 aliphatic carbocycles. The maximum absolute atomic E-state index is 5.18. The van der Waals surface area contributed by atoms with Crippen LogP contribution in [0.15, 0.2) is 23.7 Å². The van der Waals surface area contributed by atoms with Gasteiger partial charge in [0.15, 0.2) is 0 Å². The molecule has 0 fully saturated rings. The van der Waals surface area contributed by atoms with Crippen LogP contribution in [0.2, 0.25) is 0 Å². The number of nitrogen functional groups attached to an aromatic ring is 1. The standard InChI is InChI=1S/C7H8N4S/c8-11-7-9-4-5(10-7)6-2-1-3-12-6/h1-4H,8H2,(H2,9,10,11). The van der Waals surface area contributed by atoms with E-state index in [1.807, 2.05) is 17.5 Å². The minimum absolute atomic E-state index is 0.582. The van der Waals surface area contributed by atoms with Gasteiger partial charge in [0.2, 0.25) is 5.95 Å². The van der Waals surface area contributed by atoms with Crippen molar-refractivity contribution < 1.29 is 0 Å². The van der Waals surface area contributed by atoms with Gasteiger partial charge in [0, 0.05) is 0 Å². The molecular weight excluding hydrogens is 172 g/mol. The van der Waals surface area contributed by atoms with E-state index in [2.05, 4.69) is 15.4 Å². The molecule has 0 atom stereocenters. The number of nitrogens with zero attached hydrogens (tertiary/aromatic N) is 1. The smallest absolute Gasteiger partial charge is 0.215 e. The van der Waals surface area contributed by atoms with E-state index in [0.717, 1.165) is 10.6 Å². The minimum atomic E-state index is 0.582. The molecule has 0 saturated heterocycles. The average molecular weight is 180 g/mol. The van der Waals surface area contributed by atoms with E-state index in [0.29, 0.717) is 5.95 Å². The number of H-pyrrole nitrogens is 1. The van der Waals surface area contributed by atoms with Gasteiger partial charge in [0.05, 0.1) is 16.8 Å². The SMILES string of the molecule is NNc1ncc(-c2cccs2)[nH]1. The Morgan fingerprint density at radius 3 is 3.08 bits per heavy atom. The van der Waals surface area contributed by atoms with Gasteiger partial charge in [-0.1, -0.05) is 6.07 Å². The van der Waals surface area contributed by atoms with Crippen molar-refractivity contribution in [1.82, 2.24) is 9.97 Å². The summed E-state index contributed by atoms with van der Waals surface area (Å²) >= 11 is 1.66. The summed E-state index contributed by atoms with van der Waals surface area (Å²) < 4.78 is 0. The predicted octanol–water partition coefficient (Wildman–Crippen LogP) is 1.42. The van der Waals surface area contributed by atoms with E-state index in [-0.39, 0.29) is 0 Å². The molecule has 5 heteroatoms.